The van der Waals surface area contributed by atoms with Crippen LogP contribution in [0.1, 0.15) is 6.92 Å². The number of aliphatic carboxylic acids is 1. The number of anilines is 1. The van der Waals surface area contributed by atoms with Gasteiger partial charge in [-0.1, -0.05) is 6.07 Å². The van der Waals surface area contributed by atoms with Crippen LogP contribution in [0.3, 0.4) is 0 Å². The minimum Gasteiger partial charge on any atom is -0.549 e. The molecule has 8 nitrogen and oxygen atoms in total. The Labute approximate surface area is 150 Å². The van der Waals surface area contributed by atoms with Crippen LogP contribution in [0.5, 0.6) is 0 Å². The van der Waals surface area contributed by atoms with Crippen molar-refractivity contribution in [2.75, 3.05) is 37.4 Å². The lowest BCUT2D eigenvalue weighted by Gasteiger charge is -2.26. The molecule has 1 aliphatic heterocycles. The molecule has 10 heteroatoms. The van der Waals surface area contributed by atoms with E-state index in [1.54, 1.807) is 19.1 Å². The minimum atomic E-state index is -3.65. The summed E-state index contributed by atoms with van der Waals surface area (Å²) in [5.41, 5.74) is 0.334. The highest BCUT2D eigenvalue weighted by Gasteiger charge is 2.26. The summed E-state index contributed by atoms with van der Waals surface area (Å²) in [6, 6.07) is 5.97. The van der Waals surface area contributed by atoms with Crippen molar-refractivity contribution in [3.05, 3.63) is 24.3 Å². The third-order valence-corrected chi connectivity index (χ3v) is 6.54. The summed E-state index contributed by atoms with van der Waals surface area (Å²) in [5.74, 6) is -1.95. The maximum atomic E-state index is 12.6. The number of amides is 1. The van der Waals surface area contributed by atoms with Crippen LogP contribution in [0.25, 0.3) is 0 Å². The van der Waals surface area contributed by atoms with Crippen LogP contribution in [0.2, 0.25) is 0 Å². The lowest BCUT2D eigenvalue weighted by molar-refractivity contribution is -0.301. The highest BCUT2D eigenvalue weighted by Crippen LogP contribution is 2.21. The van der Waals surface area contributed by atoms with E-state index in [9.17, 15) is 23.1 Å². The summed E-state index contributed by atoms with van der Waals surface area (Å²) in [4.78, 5) is 22.6. The number of hydrogen-bond acceptors (Lipinski definition) is 7. The summed E-state index contributed by atoms with van der Waals surface area (Å²) in [5, 5.41) is 12.4. The highest BCUT2D eigenvalue weighted by molar-refractivity contribution is 8.01. The zero-order valence-corrected chi connectivity index (χ0v) is 15.3. The number of sulfonamides is 1. The predicted octanol–water partition coefficient (Wildman–Crippen LogP) is -0.482. The molecule has 1 aromatic rings. The van der Waals surface area contributed by atoms with Gasteiger partial charge in [0.2, 0.25) is 15.9 Å². The average molecular weight is 387 g/mol. The van der Waals surface area contributed by atoms with Crippen molar-refractivity contribution in [1.29, 1.82) is 0 Å². The van der Waals surface area contributed by atoms with Gasteiger partial charge in [-0.25, -0.2) is 8.42 Å². The molecule has 1 N–H and O–H groups in total. The zero-order chi connectivity index (χ0) is 18.4. The molecule has 0 unspecified atom stereocenters. The molecule has 0 spiro atoms. The number of ether oxygens (including phenoxy) is 1. The molecule has 1 fully saturated rings. The van der Waals surface area contributed by atoms with Crippen LogP contribution in [0.4, 0.5) is 5.69 Å². The van der Waals surface area contributed by atoms with Gasteiger partial charge in [-0.15, -0.1) is 11.8 Å². The van der Waals surface area contributed by atoms with Crippen molar-refractivity contribution in [3.8, 4) is 0 Å². The molecule has 1 amide bonds. The van der Waals surface area contributed by atoms with Gasteiger partial charge in [-0.05, 0) is 25.1 Å². The maximum absolute atomic E-state index is 12.6. The number of carbonyl (C=O) groups is 2. The summed E-state index contributed by atoms with van der Waals surface area (Å²) in [7, 11) is -3.65. The van der Waals surface area contributed by atoms with E-state index < -0.39 is 27.1 Å². The van der Waals surface area contributed by atoms with E-state index in [2.05, 4.69) is 5.32 Å². The number of nitrogens with zero attached hydrogens (tertiary/aromatic N) is 1. The number of nitrogens with one attached hydrogen (secondary N) is 1. The Morgan fingerprint density at radius 3 is 2.68 bits per heavy atom. The molecule has 0 saturated carbocycles. The van der Waals surface area contributed by atoms with E-state index >= 15 is 0 Å². The van der Waals surface area contributed by atoms with Crippen molar-refractivity contribution in [1.82, 2.24) is 4.31 Å². The molecule has 0 radical (unpaired) electrons. The number of thioether (sulfide) groups is 1. The average Bonchev–Trinajstić information content (AvgIpc) is 2.60. The van der Waals surface area contributed by atoms with Crippen molar-refractivity contribution < 1.29 is 27.9 Å². The fraction of sp³-hybridized carbons (Fsp3) is 0.467. The van der Waals surface area contributed by atoms with Crippen LogP contribution in [-0.2, 0) is 24.3 Å². The maximum Gasteiger partial charge on any atom is 0.243 e. The first-order chi connectivity index (χ1) is 11.8. The number of morpholine rings is 1. The van der Waals surface area contributed by atoms with Crippen molar-refractivity contribution >= 4 is 39.3 Å². The van der Waals surface area contributed by atoms with Crippen molar-refractivity contribution in [3.63, 3.8) is 0 Å². The van der Waals surface area contributed by atoms with Gasteiger partial charge >= 0.3 is 0 Å². The van der Waals surface area contributed by atoms with Crippen LogP contribution in [-0.4, -0.2) is 61.9 Å². The molecule has 138 valence electrons. The SMILES string of the molecule is C[C@H](SCC(=O)[O-])C(=O)Nc1cccc(S(=O)(=O)N2CCOCC2)c1. The van der Waals surface area contributed by atoms with Crippen LogP contribution >= 0.6 is 11.8 Å². The third kappa shape index (κ3) is 5.43. The summed E-state index contributed by atoms with van der Waals surface area (Å²) < 4.78 is 31.7. The lowest BCUT2D eigenvalue weighted by atomic mass is 10.3. The van der Waals surface area contributed by atoms with E-state index in [1.165, 1.54) is 16.4 Å². The summed E-state index contributed by atoms with van der Waals surface area (Å²) >= 11 is 0.930. The third-order valence-electron chi connectivity index (χ3n) is 3.53. The van der Waals surface area contributed by atoms with Gasteiger partial charge in [0, 0.05) is 24.5 Å². The largest absolute Gasteiger partial charge is 0.549 e. The van der Waals surface area contributed by atoms with Crippen LogP contribution in [0, 0.1) is 0 Å². The molecule has 1 heterocycles. The van der Waals surface area contributed by atoms with Crippen LogP contribution in [0.15, 0.2) is 29.2 Å². The number of hydrogen-bond donors (Lipinski definition) is 1. The molecular weight excluding hydrogens is 368 g/mol. The molecule has 0 bridgehead atoms. The molecule has 1 aliphatic rings. The lowest BCUT2D eigenvalue weighted by Crippen LogP contribution is -2.40. The summed E-state index contributed by atoms with van der Waals surface area (Å²) in [6.07, 6.45) is 0. The van der Waals surface area contributed by atoms with Crippen molar-refractivity contribution in [2.24, 2.45) is 0 Å². The Kier molecular flexibility index (Phi) is 6.82. The predicted molar refractivity (Wildman–Crippen MR) is 91.6 cm³/mol. The van der Waals surface area contributed by atoms with E-state index in [0.29, 0.717) is 18.9 Å². The molecule has 0 aliphatic carbocycles. The number of carbonyl (C=O) groups excluding carboxylic acids is 2. The first-order valence-corrected chi connectivity index (χ1v) is 10.1. The normalized spacial score (nSPS) is 17.0. The molecular formula is C15H19N2O6S2-. The molecule has 0 aromatic heterocycles. The Balaban J connectivity index is 2.07. The molecule has 1 atom stereocenters. The van der Waals surface area contributed by atoms with Gasteiger partial charge in [-0.3, -0.25) is 4.79 Å². The van der Waals surface area contributed by atoms with E-state index in [-0.39, 0.29) is 23.7 Å². The first kappa shape index (κ1) is 19.7. The Bertz CT molecular complexity index is 731. The fourth-order valence-corrected chi connectivity index (χ4v) is 4.23. The second-order valence-corrected chi connectivity index (χ2v) is 8.63. The number of carboxylic acids is 1. The monoisotopic (exact) mass is 387 g/mol. The highest BCUT2D eigenvalue weighted by atomic mass is 32.2. The minimum absolute atomic E-state index is 0.0854. The van der Waals surface area contributed by atoms with Gasteiger partial charge in [0.25, 0.3) is 0 Å². The quantitative estimate of drug-likeness (QED) is 0.671. The molecule has 25 heavy (non-hydrogen) atoms. The van der Waals surface area contributed by atoms with Gasteiger partial charge in [0.1, 0.15) is 0 Å². The smallest absolute Gasteiger partial charge is 0.243 e. The van der Waals surface area contributed by atoms with E-state index in [4.69, 9.17) is 4.74 Å². The first-order valence-electron chi connectivity index (χ1n) is 7.61. The van der Waals surface area contributed by atoms with Gasteiger partial charge in [0.15, 0.2) is 0 Å². The Morgan fingerprint density at radius 2 is 2.04 bits per heavy atom. The van der Waals surface area contributed by atoms with Gasteiger partial charge < -0.3 is 20.0 Å². The molecule has 1 saturated heterocycles. The van der Waals surface area contributed by atoms with Crippen LogP contribution < -0.4 is 10.4 Å². The Morgan fingerprint density at radius 1 is 1.36 bits per heavy atom. The van der Waals surface area contributed by atoms with E-state index in [0.717, 1.165) is 11.8 Å². The van der Waals surface area contributed by atoms with Crippen molar-refractivity contribution in [2.45, 2.75) is 17.1 Å². The molecule has 1 aromatic carbocycles. The second-order valence-electron chi connectivity index (χ2n) is 5.36. The number of benzene rings is 1. The summed E-state index contributed by atoms with van der Waals surface area (Å²) in [6.45, 7) is 2.84. The topological polar surface area (TPSA) is 116 Å². The Hall–Kier alpha value is -1.62. The van der Waals surface area contributed by atoms with E-state index in [1.807, 2.05) is 0 Å². The van der Waals surface area contributed by atoms with Gasteiger partial charge in [-0.2, -0.15) is 4.31 Å². The zero-order valence-electron chi connectivity index (χ0n) is 13.6. The fourth-order valence-electron chi connectivity index (χ4n) is 2.18. The molecule has 2 rings (SSSR count). The van der Waals surface area contributed by atoms with Gasteiger partial charge in [0.05, 0.1) is 29.3 Å². The number of carboxylic acid groups (broad SMARTS) is 1. The standard InChI is InChI=1S/C15H20N2O6S2/c1-11(24-10-14(18)19)15(20)16-12-3-2-4-13(9-12)25(21,22)17-5-7-23-8-6-17/h2-4,9,11H,5-8,10H2,1H3,(H,16,20)(H,18,19)/p-1/t11-/m0/s1. The second kappa shape index (κ2) is 8.65. The number of rotatable bonds is 7.